The molecule has 94 valence electrons. The van der Waals surface area contributed by atoms with Crippen LogP contribution >= 0.6 is 0 Å². The predicted molar refractivity (Wildman–Crippen MR) is 64.6 cm³/mol. The highest BCUT2D eigenvalue weighted by Crippen LogP contribution is 2.62. The predicted octanol–water partition coefficient (Wildman–Crippen LogP) is 1.93. The van der Waals surface area contributed by atoms with Crippen molar-refractivity contribution in [3.8, 4) is 0 Å². The molecule has 0 aromatic heterocycles. The molecule has 0 radical (unpaired) electrons. The van der Waals surface area contributed by atoms with Crippen molar-refractivity contribution in [2.75, 3.05) is 13.1 Å². The lowest BCUT2D eigenvalue weighted by atomic mass is 9.81. The minimum absolute atomic E-state index is 0.268. The molecule has 4 aliphatic rings. The number of hydrogen-bond acceptors (Lipinski definition) is 3. The maximum absolute atomic E-state index is 6.16. The minimum atomic E-state index is -0.393. The van der Waals surface area contributed by atoms with Crippen molar-refractivity contribution in [1.29, 1.82) is 0 Å². The number of nitrogens with zero attached hydrogens (tertiary/aromatic N) is 1. The van der Waals surface area contributed by atoms with Gasteiger partial charge in [0.1, 0.15) is 12.2 Å². The fourth-order valence-corrected chi connectivity index (χ4v) is 4.24. The number of hydrogen-bond donors (Lipinski definition) is 0. The highest BCUT2D eigenvalue weighted by atomic mass is 16.8. The van der Waals surface area contributed by atoms with E-state index in [2.05, 4.69) is 11.5 Å². The van der Waals surface area contributed by atoms with Gasteiger partial charge in [0.05, 0.1) is 0 Å². The quantitative estimate of drug-likeness (QED) is 0.599. The van der Waals surface area contributed by atoms with Crippen LogP contribution in [0, 0.1) is 5.41 Å². The van der Waals surface area contributed by atoms with Gasteiger partial charge in [-0.1, -0.05) is 12.2 Å². The van der Waals surface area contributed by atoms with E-state index in [4.69, 9.17) is 9.47 Å². The molecular formula is C14H21NO2. The van der Waals surface area contributed by atoms with Crippen LogP contribution in [-0.2, 0) is 9.47 Å². The van der Waals surface area contributed by atoms with Gasteiger partial charge < -0.3 is 9.47 Å². The molecule has 3 atom stereocenters. The molecule has 3 saturated heterocycles. The van der Waals surface area contributed by atoms with Gasteiger partial charge in [0.25, 0.3) is 0 Å². The van der Waals surface area contributed by atoms with Gasteiger partial charge in [-0.05, 0) is 33.1 Å². The second-order valence-corrected chi connectivity index (χ2v) is 6.59. The smallest absolute Gasteiger partial charge is 0.163 e. The average Bonchev–Trinajstić information content (AvgIpc) is 2.86. The third kappa shape index (κ3) is 1.28. The fraction of sp³-hybridized carbons (Fsp3) is 0.857. The number of ether oxygens (including phenoxy) is 2. The molecule has 0 amide bonds. The normalized spacial score (nSPS) is 46.0. The van der Waals surface area contributed by atoms with Gasteiger partial charge in [0.15, 0.2) is 5.79 Å². The Labute approximate surface area is 103 Å². The summed E-state index contributed by atoms with van der Waals surface area (Å²) >= 11 is 0. The lowest BCUT2D eigenvalue weighted by Gasteiger charge is -2.41. The highest BCUT2D eigenvalue weighted by Gasteiger charge is 2.65. The van der Waals surface area contributed by atoms with E-state index in [0.29, 0.717) is 11.5 Å². The van der Waals surface area contributed by atoms with E-state index in [0.717, 1.165) is 13.1 Å². The third-order valence-corrected chi connectivity index (χ3v) is 5.10. The molecule has 3 aliphatic heterocycles. The Morgan fingerprint density at radius 3 is 2.76 bits per heavy atom. The molecule has 3 heterocycles. The van der Waals surface area contributed by atoms with Gasteiger partial charge in [-0.15, -0.1) is 0 Å². The Balaban J connectivity index is 1.68. The maximum Gasteiger partial charge on any atom is 0.163 e. The standard InChI is InChI=1S/C14H21NO2/c1-9-4-7-15-8-10-11(17-13(2,3)16-10)12(15)14(9)5-6-14/h10-12H,1,4-8H2,2-3H3/t10-,11-,12-/m1/s1. The summed E-state index contributed by atoms with van der Waals surface area (Å²) in [5.41, 5.74) is 1.84. The molecule has 0 N–H and O–H groups in total. The highest BCUT2D eigenvalue weighted by molar-refractivity contribution is 5.30. The first-order chi connectivity index (χ1) is 8.02. The van der Waals surface area contributed by atoms with Crippen LogP contribution in [0.1, 0.15) is 33.1 Å². The Bertz CT molecular complexity index is 386. The summed E-state index contributed by atoms with van der Waals surface area (Å²) < 4.78 is 12.2. The van der Waals surface area contributed by atoms with Crippen LogP contribution in [0.3, 0.4) is 0 Å². The van der Waals surface area contributed by atoms with Gasteiger partial charge in [-0.25, -0.2) is 0 Å². The average molecular weight is 235 g/mol. The molecule has 1 spiro atoms. The molecule has 17 heavy (non-hydrogen) atoms. The zero-order chi connectivity index (χ0) is 11.8. The third-order valence-electron chi connectivity index (χ3n) is 5.10. The number of rotatable bonds is 0. The topological polar surface area (TPSA) is 21.7 Å². The van der Waals surface area contributed by atoms with Crippen LogP contribution in [0.15, 0.2) is 12.2 Å². The first kappa shape index (κ1) is 10.5. The Morgan fingerprint density at radius 1 is 1.29 bits per heavy atom. The van der Waals surface area contributed by atoms with Crippen molar-refractivity contribution >= 4 is 0 Å². The summed E-state index contributed by atoms with van der Waals surface area (Å²) in [6.07, 6.45) is 4.32. The van der Waals surface area contributed by atoms with Crippen molar-refractivity contribution < 1.29 is 9.47 Å². The first-order valence-corrected chi connectivity index (χ1v) is 6.80. The molecule has 0 unspecified atom stereocenters. The van der Waals surface area contributed by atoms with Gasteiger partial charge in [-0.3, -0.25) is 4.90 Å². The molecule has 4 fully saturated rings. The lowest BCUT2D eigenvalue weighted by molar-refractivity contribution is -0.165. The van der Waals surface area contributed by atoms with Crippen molar-refractivity contribution in [2.24, 2.45) is 5.41 Å². The summed E-state index contributed by atoms with van der Waals surface area (Å²) in [7, 11) is 0. The van der Waals surface area contributed by atoms with Gasteiger partial charge in [0, 0.05) is 24.5 Å². The summed E-state index contributed by atoms with van der Waals surface area (Å²) in [6.45, 7) is 10.6. The summed E-state index contributed by atoms with van der Waals surface area (Å²) in [4.78, 5) is 2.59. The minimum Gasteiger partial charge on any atom is -0.343 e. The molecular weight excluding hydrogens is 214 g/mol. The van der Waals surface area contributed by atoms with E-state index in [1.54, 1.807) is 0 Å². The van der Waals surface area contributed by atoms with Crippen molar-refractivity contribution in [2.45, 2.75) is 57.1 Å². The molecule has 1 saturated carbocycles. The largest absolute Gasteiger partial charge is 0.343 e. The molecule has 0 aromatic carbocycles. The van der Waals surface area contributed by atoms with Crippen molar-refractivity contribution in [1.82, 2.24) is 4.90 Å². The Morgan fingerprint density at radius 2 is 2.06 bits per heavy atom. The second kappa shape index (κ2) is 2.95. The van der Waals surface area contributed by atoms with Crippen LogP contribution in [-0.4, -0.2) is 42.0 Å². The number of piperidine rings is 1. The zero-order valence-electron chi connectivity index (χ0n) is 10.7. The van der Waals surface area contributed by atoms with E-state index in [-0.39, 0.29) is 12.2 Å². The van der Waals surface area contributed by atoms with Gasteiger partial charge >= 0.3 is 0 Å². The van der Waals surface area contributed by atoms with Crippen LogP contribution in [0.4, 0.5) is 0 Å². The second-order valence-electron chi connectivity index (χ2n) is 6.59. The first-order valence-electron chi connectivity index (χ1n) is 6.80. The van der Waals surface area contributed by atoms with E-state index in [1.807, 2.05) is 13.8 Å². The summed E-state index contributed by atoms with van der Waals surface area (Å²) in [5, 5.41) is 0. The maximum atomic E-state index is 6.16. The van der Waals surface area contributed by atoms with Gasteiger partial charge in [-0.2, -0.15) is 0 Å². The zero-order valence-corrected chi connectivity index (χ0v) is 10.7. The molecule has 3 heteroatoms. The van der Waals surface area contributed by atoms with E-state index >= 15 is 0 Å². The summed E-state index contributed by atoms with van der Waals surface area (Å²) in [6, 6.07) is 0.538. The lowest BCUT2D eigenvalue weighted by Crippen LogP contribution is -2.49. The van der Waals surface area contributed by atoms with Crippen LogP contribution in [0.5, 0.6) is 0 Å². The van der Waals surface area contributed by atoms with Crippen LogP contribution in [0.25, 0.3) is 0 Å². The van der Waals surface area contributed by atoms with Crippen LogP contribution < -0.4 is 0 Å². The Kier molecular flexibility index (Phi) is 1.83. The van der Waals surface area contributed by atoms with E-state index < -0.39 is 5.79 Å². The van der Waals surface area contributed by atoms with E-state index in [9.17, 15) is 0 Å². The molecule has 4 rings (SSSR count). The van der Waals surface area contributed by atoms with Gasteiger partial charge in [0.2, 0.25) is 0 Å². The Hall–Kier alpha value is -0.380. The van der Waals surface area contributed by atoms with Crippen molar-refractivity contribution in [3.63, 3.8) is 0 Å². The molecule has 0 aromatic rings. The fourth-order valence-electron chi connectivity index (χ4n) is 4.24. The molecule has 0 bridgehead atoms. The van der Waals surface area contributed by atoms with Crippen molar-refractivity contribution in [3.05, 3.63) is 12.2 Å². The van der Waals surface area contributed by atoms with Crippen LogP contribution in [0.2, 0.25) is 0 Å². The SMILES string of the molecule is C=C1CCN2C[C@H]3OC(C)(C)O[C@H]3[C@@H]2C12CC2. The monoisotopic (exact) mass is 235 g/mol. The number of fused-ring (bicyclic) bond motifs is 4. The summed E-state index contributed by atoms with van der Waals surface area (Å²) in [5.74, 6) is -0.393. The van der Waals surface area contributed by atoms with E-state index in [1.165, 1.54) is 24.8 Å². The molecule has 3 nitrogen and oxygen atoms in total. The molecule has 1 aliphatic carbocycles.